The molecule has 1 aromatic heterocycles. The summed E-state index contributed by atoms with van der Waals surface area (Å²) in [5.74, 6) is 0.138. The third-order valence-electron chi connectivity index (χ3n) is 2.66. The number of hydrogen-bond donors (Lipinski definition) is 3. The first-order valence-electron chi connectivity index (χ1n) is 6.78. The van der Waals surface area contributed by atoms with Crippen LogP contribution >= 0.6 is 11.3 Å². The monoisotopic (exact) mass is 299 g/mol. The molecule has 1 amide bonds. The van der Waals surface area contributed by atoms with Gasteiger partial charge in [-0.25, -0.2) is 4.98 Å². The number of rotatable bonds is 7. The van der Waals surface area contributed by atoms with E-state index < -0.39 is 0 Å². The molecule has 0 aromatic carbocycles. The van der Waals surface area contributed by atoms with E-state index >= 15 is 0 Å². The normalized spacial score (nSPS) is 12.8. The Morgan fingerprint density at radius 1 is 1.40 bits per heavy atom. The number of amides is 1. The Morgan fingerprint density at radius 3 is 2.60 bits per heavy atom. The van der Waals surface area contributed by atoms with Crippen LogP contribution in [0.15, 0.2) is 0 Å². The summed E-state index contributed by atoms with van der Waals surface area (Å²) in [6.07, 6.45) is 0.897. The van der Waals surface area contributed by atoms with Crippen LogP contribution in [0.4, 0.5) is 10.9 Å². The van der Waals surface area contributed by atoms with Gasteiger partial charge in [-0.05, 0) is 47.8 Å². The van der Waals surface area contributed by atoms with Crippen molar-refractivity contribution in [2.45, 2.75) is 39.3 Å². The minimum absolute atomic E-state index is 0.105. The van der Waals surface area contributed by atoms with Gasteiger partial charge in [0.1, 0.15) is 10.7 Å². The van der Waals surface area contributed by atoms with Gasteiger partial charge in [-0.15, -0.1) is 0 Å². The van der Waals surface area contributed by atoms with Crippen LogP contribution < -0.4 is 16.4 Å². The largest absolute Gasteiger partial charge is 0.382 e. The van der Waals surface area contributed by atoms with Crippen LogP contribution in [-0.4, -0.2) is 48.5 Å². The molecule has 114 valence electrons. The minimum Gasteiger partial charge on any atom is -0.382 e. The van der Waals surface area contributed by atoms with E-state index in [0.29, 0.717) is 10.0 Å². The summed E-state index contributed by atoms with van der Waals surface area (Å²) >= 11 is 1.29. The number of aromatic nitrogens is 1. The predicted molar refractivity (Wildman–Crippen MR) is 85.4 cm³/mol. The van der Waals surface area contributed by atoms with E-state index in [1.54, 1.807) is 0 Å². The van der Waals surface area contributed by atoms with E-state index in [9.17, 15) is 4.79 Å². The molecule has 1 rings (SSSR count). The zero-order chi connectivity index (χ0) is 15.3. The van der Waals surface area contributed by atoms with Crippen LogP contribution in [0.25, 0.3) is 0 Å². The van der Waals surface area contributed by atoms with Crippen molar-refractivity contribution in [2.75, 3.05) is 31.7 Å². The van der Waals surface area contributed by atoms with Gasteiger partial charge in [-0.2, -0.15) is 0 Å². The topological polar surface area (TPSA) is 83.3 Å². The number of nitrogens with two attached hydrogens (primary N) is 1. The molecule has 0 radical (unpaired) electrons. The van der Waals surface area contributed by atoms with Crippen molar-refractivity contribution < 1.29 is 4.79 Å². The Balaban J connectivity index is 2.60. The van der Waals surface area contributed by atoms with Crippen molar-refractivity contribution in [3.05, 3.63) is 4.88 Å². The molecule has 1 atom stereocenters. The summed E-state index contributed by atoms with van der Waals surface area (Å²) in [6, 6.07) is 0.364. The summed E-state index contributed by atoms with van der Waals surface area (Å²) < 4.78 is 0. The molecule has 0 aliphatic heterocycles. The van der Waals surface area contributed by atoms with Crippen LogP contribution in [0.5, 0.6) is 0 Å². The molecule has 0 fully saturated rings. The quantitative estimate of drug-likeness (QED) is 0.712. The fourth-order valence-electron chi connectivity index (χ4n) is 1.62. The maximum atomic E-state index is 12.2. The summed E-state index contributed by atoms with van der Waals surface area (Å²) in [6.45, 7) is 6.95. The van der Waals surface area contributed by atoms with Gasteiger partial charge in [0.05, 0.1) is 0 Å². The van der Waals surface area contributed by atoms with Crippen molar-refractivity contribution in [2.24, 2.45) is 0 Å². The highest BCUT2D eigenvalue weighted by Crippen LogP contribution is 2.25. The Hall–Kier alpha value is -1.34. The number of anilines is 2. The van der Waals surface area contributed by atoms with Crippen molar-refractivity contribution in [1.29, 1.82) is 0 Å². The van der Waals surface area contributed by atoms with Gasteiger partial charge in [-0.1, -0.05) is 11.3 Å². The number of carbonyl (C=O) groups excluding carboxylic acids is 1. The van der Waals surface area contributed by atoms with Gasteiger partial charge in [0.15, 0.2) is 5.13 Å². The second-order valence-electron chi connectivity index (χ2n) is 5.50. The minimum atomic E-state index is -0.150. The molecule has 1 heterocycles. The smallest absolute Gasteiger partial charge is 0.265 e. The molecular formula is C13H25N5OS. The highest BCUT2D eigenvalue weighted by molar-refractivity contribution is 7.18. The molecule has 0 spiro atoms. The van der Waals surface area contributed by atoms with Gasteiger partial charge in [0.25, 0.3) is 5.91 Å². The fourth-order valence-corrected chi connectivity index (χ4v) is 2.55. The van der Waals surface area contributed by atoms with Crippen molar-refractivity contribution >= 4 is 28.2 Å². The van der Waals surface area contributed by atoms with E-state index in [-0.39, 0.29) is 23.8 Å². The molecule has 6 nitrogen and oxygen atoms in total. The zero-order valence-corrected chi connectivity index (χ0v) is 13.7. The van der Waals surface area contributed by atoms with E-state index in [0.717, 1.165) is 13.0 Å². The van der Waals surface area contributed by atoms with Gasteiger partial charge in [0, 0.05) is 12.1 Å². The zero-order valence-electron chi connectivity index (χ0n) is 12.9. The van der Waals surface area contributed by atoms with Gasteiger partial charge in [-0.3, -0.25) is 4.79 Å². The van der Waals surface area contributed by atoms with Crippen LogP contribution in [0.1, 0.15) is 36.9 Å². The van der Waals surface area contributed by atoms with Gasteiger partial charge in [0.2, 0.25) is 0 Å². The number of thiazole rings is 1. The molecule has 0 saturated heterocycles. The van der Waals surface area contributed by atoms with Crippen LogP contribution in [0.3, 0.4) is 0 Å². The first kappa shape index (κ1) is 16.7. The Bertz CT molecular complexity index is 444. The molecule has 7 heteroatoms. The van der Waals surface area contributed by atoms with Crippen molar-refractivity contribution in [3.8, 4) is 0 Å². The van der Waals surface area contributed by atoms with Crippen molar-refractivity contribution in [1.82, 2.24) is 15.2 Å². The van der Waals surface area contributed by atoms with Gasteiger partial charge >= 0.3 is 0 Å². The maximum absolute atomic E-state index is 12.2. The second-order valence-corrected chi connectivity index (χ2v) is 6.50. The molecule has 0 saturated carbocycles. The lowest BCUT2D eigenvalue weighted by Gasteiger charge is -2.16. The molecular weight excluding hydrogens is 274 g/mol. The summed E-state index contributed by atoms with van der Waals surface area (Å²) in [7, 11) is 4.03. The molecule has 4 N–H and O–H groups in total. The average molecular weight is 299 g/mol. The first-order valence-corrected chi connectivity index (χ1v) is 7.59. The summed E-state index contributed by atoms with van der Waals surface area (Å²) in [4.78, 5) is 18.9. The molecule has 0 aliphatic carbocycles. The molecule has 1 unspecified atom stereocenters. The molecule has 0 bridgehead atoms. The number of nitrogens with one attached hydrogen (secondary N) is 2. The fraction of sp³-hybridized carbons (Fsp3) is 0.692. The number of nitrogens with zero attached hydrogens (tertiary/aromatic N) is 2. The summed E-state index contributed by atoms with van der Waals surface area (Å²) in [5.41, 5.74) is 5.81. The third-order valence-corrected chi connectivity index (χ3v) is 3.66. The SMILES string of the molecule is CC(C)Nc1nc(N)c(C(=O)NC(C)CCN(C)C)s1. The van der Waals surface area contributed by atoms with E-state index in [2.05, 4.69) is 20.5 Å². The standard InChI is InChI=1S/C13H25N5OS/c1-8(2)15-13-17-11(14)10(20-13)12(19)16-9(3)6-7-18(4)5/h8-9H,6-7,14H2,1-5H3,(H,15,17)(H,16,19). The van der Waals surface area contributed by atoms with E-state index in [1.165, 1.54) is 11.3 Å². The highest BCUT2D eigenvalue weighted by atomic mass is 32.1. The number of nitrogen functional groups attached to an aromatic ring is 1. The average Bonchev–Trinajstić information content (AvgIpc) is 2.66. The lowest BCUT2D eigenvalue weighted by atomic mass is 10.2. The van der Waals surface area contributed by atoms with Crippen molar-refractivity contribution in [3.63, 3.8) is 0 Å². The molecule has 20 heavy (non-hydrogen) atoms. The van der Waals surface area contributed by atoms with Gasteiger partial charge < -0.3 is 21.3 Å². The second kappa shape index (κ2) is 7.44. The third kappa shape index (κ3) is 5.34. The lowest BCUT2D eigenvalue weighted by Crippen LogP contribution is -2.34. The van der Waals surface area contributed by atoms with Crippen LogP contribution in [0.2, 0.25) is 0 Å². The van der Waals surface area contributed by atoms with E-state index in [1.807, 2.05) is 34.9 Å². The Labute approximate surface area is 124 Å². The Morgan fingerprint density at radius 2 is 2.05 bits per heavy atom. The molecule has 0 aliphatic rings. The lowest BCUT2D eigenvalue weighted by molar-refractivity contribution is 0.0941. The van der Waals surface area contributed by atoms with Crippen LogP contribution in [0, 0.1) is 0 Å². The first-order chi connectivity index (χ1) is 9.29. The Kier molecular flexibility index (Phi) is 6.22. The number of hydrogen-bond acceptors (Lipinski definition) is 6. The van der Waals surface area contributed by atoms with E-state index in [4.69, 9.17) is 5.73 Å². The molecule has 1 aromatic rings. The predicted octanol–water partition coefficient (Wildman–Crippen LogP) is 1.62. The number of carbonyl (C=O) groups is 1. The summed E-state index contributed by atoms with van der Waals surface area (Å²) in [5, 5.41) is 6.79. The maximum Gasteiger partial charge on any atom is 0.265 e. The van der Waals surface area contributed by atoms with Crippen LogP contribution in [-0.2, 0) is 0 Å². The highest BCUT2D eigenvalue weighted by Gasteiger charge is 2.18.